The molecule has 3 heterocycles. The highest BCUT2D eigenvalue weighted by Crippen LogP contribution is 2.20. The number of rotatable bonds is 6. The van der Waals surface area contributed by atoms with Crippen LogP contribution in [0.2, 0.25) is 0 Å². The Morgan fingerprint density at radius 1 is 1.36 bits per heavy atom. The summed E-state index contributed by atoms with van der Waals surface area (Å²) in [4.78, 5) is 32.4. The first-order chi connectivity index (χ1) is 12.8. The highest BCUT2D eigenvalue weighted by Gasteiger charge is 2.20. The second-order valence-corrected chi connectivity index (χ2v) is 6.55. The smallest absolute Gasteiger partial charge is 0.277 e. The zero-order valence-electron chi connectivity index (χ0n) is 15.7. The normalized spacial score (nSPS) is 10.6. The van der Waals surface area contributed by atoms with Gasteiger partial charge >= 0.3 is 0 Å². The molecule has 0 saturated heterocycles. The molecule has 3 aromatic rings. The Bertz CT molecular complexity index is 995. The van der Waals surface area contributed by atoms with Gasteiger partial charge in [0.05, 0.1) is 5.69 Å². The molecule has 28 heavy (non-hydrogen) atoms. The number of halogens is 1. The largest absolute Gasteiger partial charge is 0.444 e. The Kier molecular flexibility index (Phi) is 6.53. The second kappa shape index (κ2) is 8.66. The number of oxazole rings is 1. The molecule has 0 radical (unpaired) electrons. The van der Waals surface area contributed by atoms with Gasteiger partial charge in [0.15, 0.2) is 11.4 Å². The van der Waals surface area contributed by atoms with E-state index >= 15 is 0 Å². The lowest BCUT2D eigenvalue weighted by molar-refractivity contribution is 0.0995. The maximum Gasteiger partial charge on any atom is 0.277 e. The van der Waals surface area contributed by atoms with Crippen molar-refractivity contribution in [2.24, 2.45) is 11.7 Å². The predicted molar refractivity (Wildman–Crippen MR) is 105 cm³/mol. The van der Waals surface area contributed by atoms with Crippen LogP contribution in [-0.2, 0) is 6.54 Å². The third-order valence-electron chi connectivity index (χ3n) is 3.68. The van der Waals surface area contributed by atoms with Gasteiger partial charge in [-0.15, -0.1) is 12.4 Å². The van der Waals surface area contributed by atoms with Crippen LogP contribution < -0.4 is 11.1 Å². The summed E-state index contributed by atoms with van der Waals surface area (Å²) in [6.45, 7) is 6.47. The van der Waals surface area contributed by atoms with Crippen molar-refractivity contribution < 1.29 is 14.0 Å². The van der Waals surface area contributed by atoms with Crippen LogP contribution in [0.1, 0.15) is 40.5 Å². The van der Waals surface area contributed by atoms with Crippen molar-refractivity contribution in [2.75, 3.05) is 5.32 Å². The van der Waals surface area contributed by atoms with Crippen LogP contribution in [0.25, 0.3) is 11.5 Å². The first-order valence-electron chi connectivity index (χ1n) is 8.40. The Balaban J connectivity index is 0.00000280. The van der Waals surface area contributed by atoms with Crippen molar-refractivity contribution in [2.45, 2.75) is 27.3 Å². The van der Waals surface area contributed by atoms with Gasteiger partial charge in [-0.1, -0.05) is 13.8 Å². The number of anilines is 1. The lowest BCUT2D eigenvalue weighted by Crippen LogP contribution is -2.18. The third kappa shape index (κ3) is 4.74. The van der Waals surface area contributed by atoms with E-state index in [1.807, 2.05) is 20.8 Å². The zero-order chi connectivity index (χ0) is 19.6. The molecule has 3 aromatic heterocycles. The van der Waals surface area contributed by atoms with Crippen molar-refractivity contribution >= 4 is 29.9 Å². The molecule has 3 N–H and O–H groups in total. The lowest BCUT2D eigenvalue weighted by atomic mass is 10.2. The fourth-order valence-corrected chi connectivity index (χ4v) is 2.54. The van der Waals surface area contributed by atoms with E-state index in [0.29, 0.717) is 23.9 Å². The number of hydrogen-bond donors (Lipinski definition) is 2. The van der Waals surface area contributed by atoms with E-state index in [9.17, 15) is 9.59 Å². The summed E-state index contributed by atoms with van der Waals surface area (Å²) in [5.74, 6) is -0.629. The minimum atomic E-state index is -0.721. The van der Waals surface area contributed by atoms with Gasteiger partial charge in [-0.05, 0) is 25.0 Å². The summed E-state index contributed by atoms with van der Waals surface area (Å²) in [6, 6.07) is 3.54. The average Bonchev–Trinajstić information content (AvgIpc) is 3.21. The fourth-order valence-electron chi connectivity index (χ4n) is 2.54. The minimum Gasteiger partial charge on any atom is -0.444 e. The summed E-state index contributed by atoms with van der Waals surface area (Å²) >= 11 is 0. The van der Waals surface area contributed by atoms with E-state index in [0.717, 1.165) is 5.69 Å². The summed E-state index contributed by atoms with van der Waals surface area (Å²) < 4.78 is 6.97. The van der Waals surface area contributed by atoms with Crippen LogP contribution in [-0.4, -0.2) is 31.6 Å². The molecular formula is C18H21ClN6O3. The molecule has 3 rings (SSSR count). The summed E-state index contributed by atoms with van der Waals surface area (Å²) in [5.41, 5.74) is 7.19. The van der Waals surface area contributed by atoms with Crippen LogP contribution in [0.15, 0.2) is 35.2 Å². The molecule has 9 nitrogen and oxygen atoms in total. The Hall–Kier alpha value is -3.20. The molecule has 10 heteroatoms. The van der Waals surface area contributed by atoms with Gasteiger partial charge in [-0.3, -0.25) is 19.3 Å². The number of aryl methyl sites for hydroxylation is 1. The van der Waals surface area contributed by atoms with Gasteiger partial charge in [-0.2, -0.15) is 5.10 Å². The number of aromatic nitrogens is 4. The number of pyridine rings is 1. The monoisotopic (exact) mass is 404 g/mol. The van der Waals surface area contributed by atoms with E-state index in [2.05, 4.69) is 20.4 Å². The zero-order valence-corrected chi connectivity index (χ0v) is 16.5. The van der Waals surface area contributed by atoms with Crippen molar-refractivity contribution in [3.8, 4) is 11.5 Å². The fraction of sp³-hybridized carbons (Fsp3) is 0.278. The van der Waals surface area contributed by atoms with Gasteiger partial charge < -0.3 is 15.5 Å². The quantitative estimate of drug-likeness (QED) is 0.649. The van der Waals surface area contributed by atoms with Crippen molar-refractivity contribution in [3.05, 3.63) is 47.9 Å². The number of hydrogen-bond acceptors (Lipinski definition) is 6. The summed E-state index contributed by atoms with van der Waals surface area (Å²) in [6.07, 6.45) is 4.46. The number of carbonyl (C=O) groups excluding carboxylic acids is 2. The van der Waals surface area contributed by atoms with Crippen LogP contribution >= 0.6 is 12.4 Å². The van der Waals surface area contributed by atoms with E-state index in [1.165, 1.54) is 6.26 Å². The number of nitrogens with two attached hydrogens (primary N) is 1. The number of primary amides is 1. The van der Waals surface area contributed by atoms with Crippen LogP contribution in [0.4, 0.5) is 5.69 Å². The molecule has 0 aliphatic rings. The SMILES string of the molecule is Cc1cc(-c2nc(C(=O)Nc3cn(CC(C)C)nc3C(N)=O)co2)ccn1.Cl. The Labute approximate surface area is 167 Å². The van der Waals surface area contributed by atoms with Crippen LogP contribution in [0.5, 0.6) is 0 Å². The van der Waals surface area contributed by atoms with Crippen molar-refractivity contribution in [3.63, 3.8) is 0 Å². The van der Waals surface area contributed by atoms with E-state index in [1.54, 1.807) is 29.2 Å². The molecule has 0 aliphatic carbocycles. The molecule has 0 bridgehead atoms. The van der Waals surface area contributed by atoms with Crippen molar-refractivity contribution in [1.82, 2.24) is 19.7 Å². The first kappa shape index (κ1) is 21.1. The molecule has 2 amide bonds. The molecule has 0 spiro atoms. The lowest BCUT2D eigenvalue weighted by Gasteiger charge is -2.03. The standard InChI is InChI=1S/C18H20N6O3.ClH/c1-10(2)7-24-8-13(15(23-24)16(19)25)21-17(26)14-9-27-18(22-14)12-4-5-20-11(3)6-12;/h4-6,8-10H,7H2,1-3H3,(H2,19,25)(H,21,26);1H. The van der Waals surface area contributed by atoms with E-state index in [-0.39, 0.29) is 29.5 Å². The van der Waals surface area contributed by atoms with Crippen molar-refractivity contribution in [1.29, 1.82) is 0 Å². The molecule has 148 valence electrons. The number of amides is 2. The van der Waals surface area contributed by atoms with E-state index < -0.39 is 11.8 Å². The predicted octanol–water partition coefficient (Wildman–Crippen LogP) is 2.67. The number of carbonyl (C=O) groups is 2. The summed E-state index contributed by atoms with van der Waals surface area (Å²) in [7, 11) is 0. The highest BCUT2D eigenvalue weighted by molar-refractivity contribution is 6.07. The number of nitrogens with zero attached hydrogens (tertiary/aromatic N) is 4. The second-order valence-electron chi connectivity index (χ2n) is 6.55. The Morgan fingerprint density at radius 2 is 2.11 bits per heavy atom. The minimum absolute atomic E-state index is 0. The summed E-state index contributed by atoms with van der Waals surface area (Å²) in [5, 5.41) is 6.76. The molecular weight excluding hydrogens is 384 g/mol. The molecule has 0 aromatic carbocycles. The van der Waals surface area contributed by atoms with E-state index in [4.69, 9.17) is 10.2 Å². The molecule has 0 fully saturated rings. The molecule has 0 unspecified atom stereocenters. The van der Waals surface area contributed by atoms with Gasteiger partial charge in [0, 0.05) is 30.2 Å². The van der Waals surface area contributed by atoms with Gasteiger partial charge in [0.1, 0.15) is 6.26 Å². The van der Waals surface area contributed by atoms with Crippen LogP contribution in [0, 0.1) is 12.8 Å². The maximum atomic E-state index is 12.5. The molecule has 0 saturated carbocycles. The maximum absolute atomic E-state index is 12.5. The third-order valence-corrected chi connectivity index (χ3v) is 3.68. The molecule has 0 atom stereocenters. The Morgan fingerprint density at radius 3 is 2.75 bits per heavy atom. The number of nitrogens with one attached hydrogen (secondary N) is 1. The first-order valence-corrected chi connectivity index (χ1v) is 8.40. The van der Waals surface area contributed by atoms with Crippen LogP contribution in [0.3, 0.4) is 0 Å². The van der Waals surface area contributed by atoms with Gasteiger partial charge in [0.2, 0.25) is 5.89 Å². The highest BCUT2D eigenvalue weighted by atomic mass is 35.5. The topological polar surface area (TPSA) is 129 Å². The van der Waals surface area contributed by atoms with Gasteiger partial charge in [0.25, 0.3) is 11.8 Å². The van der Waals surface area contributed by atoms with Gasteiger partial charge in [-0.25, -0.2) is 4.98 Å². The average molecular weight is 405 g/mol. The molecule has 0 aliphatic heterocycles.